The Morgan fingerprint density at radius 2 is 1.80 bits per heavy atom. The summed E-state index contributed by atoms with van der Waals surface area (Å²) in [4.78, 5) is 0. The number of hydrogen-bond acceptors (Lipinski definition) is 2. The van der Waals surface area contributed by atoms with Crippen LogP contribution in [0, 0.1) is 0 Å². The molecule has 0 spiro atoms. The lowest BCUT2D eigenvalue weighted by atomic mass is 10.2. The van der Waals surface area contributed by atoms with Gasteiger partial charge in [-0.2, -0.15) is 0 Å². The molecule has 0 aliphatic carbocycles. The monoisotopic (exact) mass is 212 g/mol. The van der Waals surface area contributed by atoms with Crippen molar-refractivity contribution < 1.29 is 9.47 Å². The Morgan fingerprint density at radius 1 is 1.13 bits per heavy atom. The summed E-state index contributed by atoms with van der Waals surface area (Å²) in [5.74, 6) is 0. The second-order valence-corrected chi connectivity index (χ2v) is 3.29. The zero-order valence-electron chi connectivity index (χ0n) is 10.1. The molecule has 0 saturated carbocycles. The fourth-order valence-corrected chi connectivity index (χ4v) is 1.35. The van der Waals surface area contributed by atoms with E-state index in [9.17, 15) is 0 Å². The average Bonchev–Trinajstić information content (AvgIpc) is 2.24. The third kappa shape index (κ3) is 9.70. The molecule has 0 bridgehead atoms. The molecule has 0 atom stereocenters. The molecule has 0 amide bonds. The molecule has 0 heterocycles. The van der Waals surface area contributed by atoms with Crippen molar-refractivity contribution in [1.29, 1.82) is 0 Å². The van der Waals surface area contributed by atoms with Gasteiger partial charge in [-0.25, -0.2) is 0 Å². The predicted molar refractivity (Wildman–Crippen MR) is 64.8 cm³/mol. The van der Waals surface area contributed by atoms with Crippen LogP contribution in [-0.2, 0) is 9.47 Å². The van der Waals surface area contributed by atoms with Crippen LogP contribution in [0.15, 0.2) is 24.8 Å². The van der Waals surface area contributed by atoms with Crippen molar-refractivity contribution in [2.24, 2.45) is 0 Å². The lowest BCUT2D eigenvalue weighted by Gasteiger charge is -2.16. The number of unbranched alkanes of at least 4 members (excludes halogenated alkanes) is 2. The van der Waals surface area contributed by atoms with E-state index in [2.05, 4.69) is 12.7 Å². The van der Waals surface area contributed by atoms with Crippen LogP contribution in [0.4, 0.5) is 0 Å². The van der Waals surface area contributed by atoms with Gasteiger partial charge in [0.15, 0.2) is 6.29 Å². The minimum absolute atomic E-state index is 0.0108. The van der Waals surface area contributed by atoms with E-state index in [1.165, 1.54) is 6.42 Å². The van der Waals surface area contributed by atoms with Gasteiger partial charge in [0.05, 0.1) is 0 Å². The molecule has 15 heavy (non-hydrogen) atoms. The van der Waals surface area contributed by atoms with Crippen LogP contribution in [0.1, 0.15) is 39.5 Å². The lowest BCUT2D eigenvalue weighted by Crippen LogP contribution is -2.17. The van der Waals surface area contributed by atoms with Gasteiger partial charge < -0.3 is 9.47 Å². The van der Waals surface area contributed by atoms with Crippen molar-refractivity contribution >= 4 is 0 Å². The summed E-state index contributed by atoms with van der Waals surface area (Å²) in [5.41, 5.74) is 0. The Bertz CT molecular complexity index is 158. The van der Waals surface area contributed by atoms with Gasteiger partial charge >= 0.3 is 0 Å². The van der Waals surface area contributed by atoms with Gasteiger partial charge in [0.1, 0.15) is 0 Å². The zero-order chi connectivity index (χ0) is 11.4. The summed E-state index contributed by atoms with van der Waals surface area (Å²) in [6, 6.07) is 0. The summed E-state index contributed by atoms with van der Waals surface area (Å²) < 4.78 is 10.9. The lowest BCUT2D eigenvalue weighted by molar-refractivity contribution is -0.140. The first-order valence-electron chi connectivity index (χ1n) is 5.85. The maximum absolute atomic E-state index is 5.45. The van der Waals surface area contributed by atoms with E-state index in [1.807, 2.05) is 26.0 Å². The smallest absolute Gasteiger partial charge is 0.157 e. The molecule has 2 heteroatoms. The van der Waals surface area contributed by atoms with Gasteiger partial charge in [-0.05, 0) is 39.5 Å². The molecular formula is C13H24O2. The second kappa shape index (κ2) is 11.5. The number of ether oxygens (including phenoxy) is 2. The standard InChI is InChI=1S/C13H24O2/c1-4-7-8-9-10-11-12-13(14-5-2)15-6-3/h4,7-8,13H,1,5-6,9-12H2,2-3H3/b8-7-. The third-order valence-electron chi connectivity index (χ3n) is 2.04. The molecule has 88 valence electrons. The molecule has 0 radical (unpaired) electrons. The minimum atomic E-state index is -0.0108. The molecule has 0 aromatic carbocycles. The van der Waals surface area contributed by atoms with Crippen LogP contribution in [0.5, 0.6) is 0 Å². The predicted octanol–water partition coefficient (Wildman–Crippen LogP) is 3.69. The van der Waals surface area contributed by atoms with Crippen molar-refractivity contribution in [2.45, 2.75) is 45.8 Å². The van der Waals surface area contributed by atoms with E-state index >= 15 is 0 Å². The highest BCUT2D eigenvalue weighted by Gasteiger charge is 2.06. The van der Waals surface area contributed by atoms with Gasteiger partial charge in [-0.1, -0.05) is 24.8 Å². The highest BCUT2D eigenvalue weighted by atomic mass is 16.7. The molecule has 0 fully saturated rings. The molecule has 0 aliphatic heterocycles. The molecule has 0 rings (SSSR count). The Labute approximate surface area is 94.0 Å². The van der Waals surface area contributed by atoms with Gasteiger partial charge in [0, 0.05) is 13.2 Å². The SMILES string of the molecule is C=C/C=C\CCCCC(OCC)OCC. The van der Waals surface area contributed by atoms with E-state index in [4.69, 9.17) is 9.47 Å². The average molecular weight is 212 g/mol. The highest BCUT2D eigenvalue weighted by molar-refractivity contribution is 4.96. The van der Waals surface area contributed by atoms with E-state index in [0.717, 1.165) is 32.5 Å². The van der Waals surface area contributed by atoms with Crippen LogP contribution in [0.25, 0.3) is 0 Å². The Kier molecular flexibility index (Phi) is 11.0. The summed E-state index contributed by atoms with van der Waals surface area (Å²) in [6.07, 6.45) is 10.4. The van der Waals surface area contributed by atoms with Crippen LogP contribution in [0.3, 0.4) is 0 Å². The quantitative estimate of drug-likeness (QED) is 0.312. The van der Waals surface area contributed by atoms with E-state index in [-0.39, 0.29) is 6.29 Å². The normalized spacial score (nSPS) is 11.4. The van der Waals surface area contributed by atoms with E-state index in [0.29, 0.717) is 0 Å². The van der Waals surface area contributed by atoms with Gasteiger partial charge in [-0.3, -0.25) is 0 Å². The molecule has 0 aromatic rings. The van der Waals surface area contributed by atoms with Crippen molar-refractivity contribution in [3.63, 3.8) is 0 Å². The van der Waals surface area contributed by atoms with Crippen LogP contribution in [-0.4, -0.2) is 19.5 Å². The fraction of sp³-hybridized carbons (Fsp3) is 0.692. The van der Waals surface area contributed by atoms with Crippen LogP contribution < -0.4 is 0 Å². The number of rotatable bonds is 10. The van der Waals surface area contributed by atoms with Crippen molar-refractivity contribution in [1.82, 2.24) is 0 Å². The summed E-state index contributed by atoms with van der Waals surface area (Å²) in [5, 5.41) is 0. The van der Waals surface area contributed by atoms with Crippen molar-refractivity contribution in [2.75, 3.05) is 13.2 Å². The third-order valence-corrected chi connectivity index (χ3v) is 2.04. The van der Waals surface area contributed by atoms with Gasteiger partial charge in [0.2, 0.25) is 0 Å². The molecule has 0 aromatic heterocycles. The largest absolute Gasteiger partial charge is 0.353 e. The number of allylic oxidation sites excluding steroid dienone is 3. The highest BCUT2D eigenvalue weighted by Crippen LogP contribution is 2.08. The molecule has 0 saturated heterocycles. The Morgan fingerprint density at radius 3 is 2.33 bits per heavy atom. The molecule has 0 unspecified atom stereocenters. The van der Waals surface area contributed by atoms with Crippen molar-refractivity contribution in [3.05, 3.63) is 24.8 Å². The van der Waals surface area contributed by atoms with E-state index in [1.54, 1.807) is 0 Å². The first-order chi connectivity index (χ1) is 7.35. The summed E-state index contributed by atoms with van der Waals surface area (Å²) in [7, 11) is 0. The van der Waals surface area contributed by atoms with Crippen molar-refractivity contribution in [3.8, 4) is 0 Å². The first-order valence-corrected chi connectivity index (χ1v) is 5.85. The first kappa shape index (κ1) is 14.4. The molecule has 2 nitrogen and oxygen atoms in total. The Balaban J connectivity index is 3.43. The van der Waals surface area contributed by atoms with Crippen LogP contribution >= 0.6 is 0 Å². The summed E-state index contributed by atoms with van der Waals surface area (Å²) in [6.45, 7) is 9.07. The molecule has 0 aliphatic rings. The number of hydrogen-bond donors (Lipinski definition) is 0. The molecule has 0 N–H and O–H groups in total. The minimum Gasteiger partial charge on any atom is -0.353 e. The van der Waals surface area contributed by atoms with Crippen LogP contribution in [0.2, 0.25) is 0 Å². The topological polar surface area (TPSA) is 18.5 Å². The maximum atomic E-state index is 5.45. The van der Waals surface area contributed by atoms with E-state index < -0.39 is 0 Å². The fourth-order valence-electron chi connectivity index (χ4n) is 1.35. The second-order valence-electron chi connectivity index (χ2n) is 3.29. The Hall–Kier alpha value is -0.600. The maximum Gasteiger partial charge on any atom is 0.157 e. The van der Waals surface area contributed by atoms with Gasteiger partial charge in [-0.15, -0.1) is 0 Å². The van der Waals surface area contributed by atoms with Gasteiger partial charge in [0.25, 0.3) is 0 Å². The summed E-state index contributed by atoms with van der Waals surface area (Å²) >= 11 is 0. The zero-order valence-corrected chi connectivity index (χ0v) is 10.1. The molecular weight excluding hydrogens is 188 g/mol.